The molecular weight excluding hydrogens is 374 g/mol. The number of piperazine rings is 1. The molecule has 5 heteroatoms. The molecule has 1 amide bonds. The van der Waals surface area contributed by atoms with Crippen LogP contribution in [-0.4, -0.2) is 66.5 Å². The van der Waals surface area contributed by atoms with Crippen molar-refractivity contribution in [3.63, 3.8) is 0 Å². The number of hydrogen-bond donors (Lipinski definition) is 0. The van der Waals surface area contributed by atoms with Crippen LogP contribution in [-0.2, 0) is 11.3 Å². The molecule has 2 aromatic rings. The van der Waals surface area contributed by atoms with E-state index in [0.717, 1.165) is 45.1 Å². The van der Waals surface area contributed by atoms with Crippen LogP contribution >= 0.6 is 0 Å². The maximum absolute atomic E-state index is 12.2. The van der Waals surface area contributed by atoms with Crippen molar-refractivity contribution in [3.8, 4) is 5.75 Å². The summed E-state index contributed by atoms with van der Waals surface area (Å²) >= 11 is 0. The first-order chi connectivity index (χ1) is 14.7. The van der Waals surface area contributed by atoms with Crippen LogP contribution in [0, 0.1) is 0 Å². The first kappa shape index (κ1) is 20.9. The molecule has 0 radical (unpaired) electrons. The Labute approximate surface area is 180 Å². The van der Waals surface area contributed by atoms with Crippen LogP contribution in [0.4, 0.5) is 0 Å². The molecule has 0 bridgehead atoms. The highest BCUT2D eigenvalue weighted by Crippen LogP contribution is 2.28. The fourth-order valence-corrected chi connectivity index (χ4v) is 4.63. The Hall–Kier alpha value is -2.37. The lowest BCUT2D eigenvalue weighted by Gasteiger charge is -2.41. The highest BCUT2D eigenvalue weighted by Gasteiger charge is 2.30. The summed E-state index contributed by atoms with van der Waals surface area (Å²) in [7, 11) is 0. The van der Waals surface area contributed by atoms with Crippen molar-refractivity contribution in [1.82, 2.24) is 14.7 Å². The Morgan fingerprint density at radius 2 is 1.67 bits per heavy atom. The lowest BCUT2D eigenvalue weighted by atomic mass is 10.0. The second-order valence-electron chi connectivity index (χ2n) is 8.38. The van der Waals surface area contributed by atoms with Crippen molar-refractivity contribution in [2.75, 3.05) is 45.9 Å². The number of carbonyl (C=O) groups excluding carboxylic acids is 1. The van der Waals surface area contributed by atoms with Crippen molar-refractivity contribution in [1.29, 1.82) is 0 Å². The van der Waals surface area contributed by atoms with E-state index in [4.69, 9.17) is 4.74 Å². The fourth-order valence-electron chi connectivity index (χ4n) is 4.63. The van der Waals surface area contributed by atoms with Crippen molar-refractivity contribution in [2.45, 2.75) is 32.4 Å². The van der Waals surface area contributed by atoms with E-state index in [1.165, 1.54) is 37.1 Å². The van der Waals surface area contributed by atoms with Gasteiger partial charge in [0.25, 0.3) is 0 Å². The van der Waals surface area contributed by atoms with Crippen LogP contribution in [0.1, 0.15) is 36.9 Å². The lowest BCUT2D eigenvalue weighted by Crippen LogP contribution is -2.49. The minimum absolute atomic E-state index is 0.0979. The number of ether oxygens (including phenoxy) is 1. The molecule has 0 aromatic heterocycles. The zero-order chi connectivity index (χ0) is 20.8. The van der Waals surface area contributed by atoms with E-state index in [2.05, 4.69) is 58.3 Å². The molecule has 0 spiro atoms. The Balaban J connectivity index is 1.40. The van der Waals surface area contributed by atoms with Crippen LogP contribution in [0.3, 0.4) is 0 Å². The summed E-state index contributed by atoms with van der Waals surface area (Å²) < 4.78 is 6.18. The molecular formula is C25H33N3O2. The summed E-state index contributed by atoms with van der Waals surface area (Å²) in [5.74, 6) is 1.14. The highest BCUT2D eigenvalue weighted by molar-refractivity contribution is 5.74. The average molecular weight is 408 g/mol. The van der Waals surface area contributed by atoms with Crippen molar-refractivity contribution < 1.29 is 9.53 Å². The first-order valence-corrected chi connectivity index (χ1v) is 11.2. The van der Waals surface area contributed by atoms with Crippen LogP contribution < -0.4 is 4.74 Å². The summed E-state index contributed by atoms with van der Waals surface area (Å²) in [6.07, 6.45) is 2.62. The van der Waals surface area contributed by atoms with E-state index in [0.29, 0.717) is 0 Å². The van der Waals surface area contributed by atoms with Gasteiger partial charge in [-0.2, -0.15) is 0 Å². The van der Waals surface area contributed by atoms with Crippen LogP contribution in [0.5, 0.6) is 5.75 Å². The van der Waals surface area contributed by atoms with Crippen molar-refractivity contribution >= 4 is 5.91 Å². The molecule has 2 aliphatic heterocycles. The predicted octanol–water partition coefficient (Wildman–Crippen LogP) is 3.57. The monoisotopic (exact) mass is 407 g/mol. The van der Waals surface area contributed by atoms with Gasteiger partial charge in [-0.15, -0.1) is 0 Å². The number of hydrogen-bond acceptors (Lipinski definition) is 4. The average Bonchev–Trinajstić information content (AvgIpc) is 3.29. The maximum Gasteiger partial charge on any atom is 0.220 e. The van der Waals surface area contributed by atoms with E-state index in [9.17, 15) is 4.79 Å². The number of likely N-dealkylation sites (tertiary alicyclic amines) is 1. The molecule has 2 fully saturated rings. The minimum Gasteiger partial charge on any atom is -0.492 e. The number of para-hydroxylation sites is 1. The molecule has 0 N–H and O–H groups in total. The number of rotatable bonds is 7. The van der Waals surface area contributed by atoms with Gasteiger partial charge in [0.05, 0.1) is 6.04 Å². The van der Waals surface area contributed by atoms with Gasteiger partial charge in [-0.25, -0.2) is 0 Å². The Morgan fingerprint density at radius 1 is 0.933 bits per heavy atom. The fraction of sp³-hybridized carbons (Fsp3) is 0.480. The third kappa shape index (κ3) is 5.21. The molecule has 4 rings (SSSR count). The standard InChI is InChI=1S/C25H33N3O2/c1-21(29)28-16-15-27(20-24(28)22-9-3-2-4-10-22)19-23-11-5-6-12-25(23)30-18-17-26-13-7-8-14-26/h2-6,9-12,24H,7-8,13-20H2,1H3/t24-/m1/s1. The Kier molecular flexibility index (Phi) is 7.03. The molecule has 1 atom stereocenters. The maximum atomic E-state index is 12.2. The van der Waals surface area contributed by atoms with Gasteiger partial charge in [0.2, 0.25) is 5.91 Å². The molecule has 0 unspecified atom stereocenters. The number of amides is 1. The Bertz CT molecular complexity index is 820. The van der Waals surface area contributed by atoms with Gasteiger partial charge in [-0.1, -0.05) is 48.5 Å². The highest BCUT2D eigenvalue weighted by atomic mass is 16.5. The summed E-state index contributed by atoms with van der Waals surface area (Å²) in [6, 6.07) is 18.9. The third-order valence-electron chi connectivity index (χ3n) is 6.28. The molecule has 0 aliphatic carbocycles. The third-order valence-corrected chi connectivity index (χ3v) is 6.28. The van der Waals surface area contributed by atoms with Crippen LogP contribution in [0.25, 0.3) is 0 Å². The number of nitrogens with zero attached hydrogens (tertiary/aromatic N) is 3. The smallest absolute Gasteiger partial charge is 0.220 e. The van der Waals surface area contributed by atoms with Gasteiger partial charge in [-0.3, -0.25) is 14.6 Å². The van der Waals surface area contributed by atoms with Gasteiger partial charge in [0, 0.05) is 45.2 Å². The summed E-state index contributed by atoms with van der Waals surface area (Å²) in [5.41, 5.74) is 2.43. The van der Waals surface area contributed by atoms with E-state index in [1.807, 2.05) is 11.0 Å². The largest absolute Gasteiger partial charge is 0.492 e. The molecule has 2 saturated heterocycles. The normalized spacial score (nSPS) is 20.4. The van der Waals surface area contributed by atoms with Gasteiger partial charge in [0.15, 0.2) is 0 Å². The van der Waals surface area contributed by atoms with Crippen LogP contribution in [0.15, 0.2) is 54.6 Å². The SMILES string of the molecule is CC(=O)N1CCN(Cc2ccccc2OCCN2CCCC2)C[C@@H]1c1ccccc1. The molecule has 30 heavy (non-hydrogen) atoms. The van der Waals surface area contributed by atoms with E-state index >= 15 is 0 Å². The number of carbonyl (C=O) groups is 1. The lowest BCUT2D eigenvalue weighted by molar-refractivity contribution is -0.134. The van der Waals surface area contributed by atoms with Crippen molar-refractivity contribution in [2.24, 2.45) is 0 Å². The zero-order valence-electron chi connectivity index (χ0n) is 18.0. The van der Waals surface area contributed by atoms with E-state index in [1.54, 1.807) is 6.92 Å². The van der Waals surface area contributed by atoms with Crippen LogP contribution in [0.2, 0.25) is 0 Å². The van der Waals surface area contributed by atoms with E-state index in [-0.39, 0.29) is 11.9 Å². The topological polar surface area (TPSA) is 36.0 Å². The van der Waals surface area contributed by atoms with E-state index < -0.39 is 0 Å². The molecule has 0 saturated carbocycles. The second-order valence-corrected chi connectivity index (χ2v) is 8.38. The zero-order valence-corrected chi connectivity index (χ0v) is 18.0. The molecule has 160 valence electrons. The molecule has 2 aliphatic rings. The van der Waals surface area contributed by atoms with Gasteiger partial charge >= 0.3 is 0 Å². The predicted molar refractivity (Wildman–Crippen MR) is 119 cm³/mol. The van der Waals surface area contributed by atoms with Crippen molar-refractivity contribution in [3.05, 3.63) is 65.7 Å². The van der Waals surface area contributed by atoms with Gasteiger partial charge < -0.3 is 9.64 Å². The summed E-state index contributed by atoms with van der Waals surface area (Å²) in [6.45, 7) is 9.13. The van der Waals surface area contributed by atoms with Gasteiger partial charge in [-0.05, 0) is 37.6 Å². The quantitative estimate of drug-likeness (QED) is 0.703. The summed E-state index contributed by atoms with van der Waals surface area (Å²) in [4.78, 5) is 19.1. The second kappa shape index (κ2) is 10.1. The molecule has 5 nitrogen and oxygen atoms in total. The molecule has 2 aromatic carbocycles. The minimum atomic E-state index is 0.0979. The molecule has 2 heterocycles. The first-order valence-electron chi connectivity index (χ1n) is 11.2. The van der Waals surface area contributed by atoms with Gasteiger partial charge in [0.1, 0.15) is 12.4 Å². The Morgan fingerprint density at radius 3 is 2.43 bits per heavy atom. The summed E-state index contributed by atoms with van der Waals surface area (Å²) in [5, 5.41) is 0. The number of benzene rings is 2.